The van der Waals surface area contributed by atoms with E-state index in [0.29, 0.717) is 12.0 Å². The zero-order chi connectivity index (χ0) is 57.7. The molecule has 28 nitrogen and oxygen atoms in total. The molecule has 1 aromatic carbocycles. The van der Waals surface area contributed by atoms with Crippen molar-refractivity contribution in [1.82, 2.24) is 52.1 Å². The van der Waals surface area contributed by atoms with Gasteiger partial charge in [0.1, 0.15) is 42.3 Å². The molecule has 0 bridgehead atoms. The number of carboxylic acid groups (broad SMARTS) is 2. The fourth-order valence-corrected chi connectivity index (χ4v) is 8.32. The summed E-state index contributed by atoms with van der Waals surface area (Å²) in [6.45, 7) is 8.30. The molecule has 1 aromatic heterocycles. The quantitative estimate of drug-likeness (QED) is 0.0333. The lowest BCUT2D eigenvalue weighted by Crippen LogP contribution is -2.61. The first kappa shape index (κ1) is 63.3. The summed E-state index contributed by atoms with van der Waals surface area (Å²) in [6, 6.07) is -5.50. The number of aromatic nitrogens is 2. The third kappa shape index (κ3) is 21.3. The highest BCUT2D eigenvalue weighted by molar-refractivity contribution is 6.00. The van der Waals surface area contributed by atoms with Gasteiger partial charge < -0.3 is 79.6 Å². The molecule has 28 heteroatoms. The van der Waals surface area contributed by atoms with E-state index in [0.717, 1.165) is 0 Å². The number of primary amides is 2. The average molecular weight is 1080 g/mol. The van der Waals surface area contributed by atoms with Crippen LogP contribution >= 0.6 is 0 Å². The SMILES string of the molecule is CC(C)C[C@H](NC(=O)[C@@H]1CCCN1C(=O)[C@H](Cc1ccccc1)NC(=O)[C@H](CC(N)=O)NC(=O)[C@H](CC(=O)O)NC(=O)[C@H](Cc1cnc[nH]1)NC(=O)[C@H](CCC(N)=O)NC(=O)[C@@H](N)CC(C)C)C(=O)N[C@H](C(=O)O)[C@@H](C)O. The number of carboxylic acids is 2. The fraction of sp³-hybridized carbons (Fsp3) is 0.571. The molecule has 0 spiro atoms. The second-order valence-electron chi connectivity index (χ2n) is 19.7. The topological polar surface area (TPSA) is 460 Å². The number of H-pyrrole nitrogens is 1. The van der Waals surface area contributed by atoms with Gasteiger partial charge in [0.05, 0.1) is 31.3 Å². The number of rotatable bonds is 32. The highest BCUT2D eigenvalue weighted by Crippen LogP contribution is 2.21. The molecule has 1 saturated heterocycles. The predicted molar refractivity (Wildman–Crippen MR) is 271 cm³/mol. The summed E-state index contributed by atoms with van der Waals surface area (Å²) in [6.07, 6.45) is -1.54. The van der Waals surface area contributed by atoms with Crippen molar-refractivity contribution in [2.75, 3.05) is 6.54 Å². The third-order valence-electron chi connectivity index (χ3n) is 12.2. The van der Waals surface area contributed by atoms with Crippen LogP contribution in [0.25, 0.3) is 0 Å². The molecule has 0 unspecified atom stereocenters. The van der Waals surface area contributed by atoms with Crippen LogP contribution in [0.4, 0.5) is 0 Å². The first-order chi connectivity index (χ1) is 36.2. The van der Waals surface area contributed by atoms with Gasteiger partial charge in [-0.25, -0.2) is 9.78 Å². The average Bonchev–Trinajstić information content (AvgIpc) is 4.06. The van der Waals surface area contributed by atoms with Gasteiger partial charge in [0.15, 0.2) is 6.04 Å². The lowest BCUT2D eigenvalue weighted by atomic mass is 10.0. The summed E-state index contributed by atoms with van der Waals surface area (Å²) >= 11 is 0. The van der Waals surface area contributed by atoms with Crippen molar-refractivity contribution in [3.63, 3.8) is 0 Å². The molecule has 77 heavy (non-hydrogen) atoms. The van der Waals surface area contributed by atoms with Crippen LogP contribution in [0.3, 0.4) is 0 Å². The Kier molecular flexibility index (Phi) is 25.1. The molecule has 424 valence electrons. The molecule has 10 atom stereocenters. The van der Waals surface area contributed by atoms with Gasteiger partial charge in [-0.15, -0.1) is 0 Å². The van der Waals surface area contributed by atoms with Crippen LogP contribution in [-0.4, -0.2) is 168 Å². The molecular weight excluding hydrogens is 1010 g/mol. The predicted octanol–water partition coefficient (Wildman–Crippen LogP) is -3.92. The zero-order valence-corrected chi connectivity index (χ0v) is 43.6. The Labute approximate surface area is 443 Å². The van der Waals surface area contributed by atoms with Gasteiger partial charge in [-0.05, 0) is 56.4 Å². The van der Waals surface area contributed by atoms with Gasteiger partial charge in [0, 0.05) is 37.7 Å². The molecule has 10 amide bonds. The number of aliphatic hydroxyl groups excluding tert-OH is 1. The number of carbonyl (C=O) groups excluding carboxylic acids is 10. The Morgan fingerprint density at radius 2 is 1.21 bits per heavy atom. The van der Waals surface area contributed by atoms with Gasteiger partial charge in [-0.3, -0.25) is 52.7 Å². The normalized spacial score (nSPS) is 16.7. The highest BCUT2D eigenvalue weighted by atomic mass is 16.4. The van der Waals surface area contributed by atoms with Gasteiger partial charge in [-0.2, -0.15) is 0 Å². The van der Waals surface area contributed by atoms with Gasteiger partial charge >= 0.3 is 11.9 Å². The summed E-state index contributed by atoms with van der Waals surface area (Å²) in [7, 11) is 0. The summed E-state index contributed by atoms with van der Waals surface area (Å²) in [5.41, 5.74) is 17.6. The lowest BCUT2D eigenvalue weighted by Gasteiger charge is -2.31. The van der Waals surface area contributed by atoms with Crippen molar-refractivity contribution in [2.45, 2.75) is 159 Å². The number of nitrogens with one attached hydrogen (secondary N) is 8. The second kappa shape index (κ2) is 30.5. The highest BCUT2D eigenvalue weighted by Gasteiger charge is 2.41. The number of hydrogen-bond donors (Lipinski definition) is 14. The lowest BCUT2D eigenvalue weighted by molar-refractivity contribution is -0.146. The number of amides is 10. The summed E-state index contributed by atoms with van der Waals surface area (Å²) in [5.74, 6) is -13.2. The Hall–Kier alpha value is -8.01. The van der Waals surface area contributed by atoms with Crippen molar-refractivity contribution in [2.24, 2.45) is 29.0 Å². The van der Waals surface area contributed by atoms with E-state index >= 15 is 0 Å². The largest absolute Gasteiger partial charge is 0.481 e. The molecule has 0 radical (unpaired) electrons. The molecule has 0 aliphatic carbocycles. The standard InChI is InChI=1S/C49H73N13O15/c1-24(2)16-29(50)41(68)55-30(13-14-37(51)64)42(69)56-32(19-28-22-53-23-54-28)43(70)58-34(21-39(66)67)45(72)57-33(20-38(52)65)44(71)60-35(18-27-10-7-6-8-11-27)48(75)62-15-9-12-36(62)47(74)59-31(17-25(3)4)46(73)61-40(26(5)63)49(76)77/h6-8,10-11,22-26,29-36,40,63H,9,12-21,50H2,1-5H3,(H2,51,64)(H2,52,65)(H,53,54)(H,55,68)(H,56,69)(H,57,72)(H,58,70)(H,59,74)(H,60,71)(H,61,73)(H,66,67)(H,76,77)/t26-,29+,30+,31+,32+,33+,34+,35+,36+,40+/m1/s1. The number of likely N-dealkylation sites (tertiary alicyclic amines) is 1. The number of nitrogens with two attached hydrogens (primary N) is 3. The van der Waals surface area contributed by atoms with Crippen molar-refractivity contribution >= 4 is 71.0 Å². The monoisotopic (exact) mass is 1080 g/mol. The van der Waals surface area contributed by atoms with Gasteiger partial charge in [0.25, 0.3) is 0 Å². The summed E-state index contributed by atoms with van der Waals surface area (Å²) in [5, 5.41) is 46.2. The Bertz CT molecular complexity index is 2400. The molecule has 2 heterocycles. The van der Waals surface area contributed by atoms with E-state index < -0.39 is 144 Å². The number of nitrogens with zero attached hydrogens (tertiary/aromatic N) is 2. The van der Waals surface area contributed by atoms with Crippen LogP contribution in [0.1, 0.15) is 97.2 Å². The molecule has 2 aromatic rings. The molecule has 17 N–H and O–H groups in total. The maximum Gasteiger partial charge on any atom is 0.328 e. The number of aliphatic hydroxyl groups is 1. The maximum absolute atomic E-state index is 14.6. The Balaban J connectivity index is 1.93. The number of benzene rings is 1. The number of aliphatic carboxylic acids is 2. The van der Waals surface area contributed by atoms with Crippen molar-refractivity contribution in [3.05, 3.63) is 54.1 Å². The number of imidazole rings is 1. The zero-order valence-electron chi connectivity index (χ0n) is 43.6. The van der Waals surface area contributed by atoms with Gasteiger partial charge in [-0.1, -0.05) is 58.0 Å². The van der Waals surface area contributed by atoms with Crippen LogP contribution < -0.4 is 54.4 Å². The molecular formula is C49H73N13O15. The minimum absolute atomic E-state index is 0.00277. The first-order valence-corrected chi connectivity index (χ1v) is 25.1. The van der Waals surface area contributed by atoms with E-state index in [1.807, 2.05) is 13.8 Å². The van der Waals surface area contributed by atoms with E-state index in [4.69, 9.17) is 17.2 Å². The van der Waals surface area contributed by atoms with Crippen molar-refractivity contribution in [3.8, 4) is 0 Å². The minimum atomic E-state index is -2.02. The molecule has 1 aliphatic heterocycles. The van der Waals surface area contributed by atoms with Crippen molar-refractivity contribution < 1.29 is 72.9 Å². The van der Waals surface area contributed by atoms with E-state index in [1.54, 1.807) is 44.2 Å². The molecule has 3 rings (SSSR count). The smallest absolute Gasteiger partial charge is 0.328 e. The van der Waals surface area contributed by atoms with Crippen LogP contribution in [0, 0.1) is 11.8 Å². The number of aromatic amines is 1. The van der Waals surface area contributed by atoms with Crippen molar-refractivity contribution in [1.29, 1.82) is 0 Å². The van der Waals surface area contributed by atoms with Gasteiger partial charge in [0.2, 0.25) is 59.1 Å². The van der Waals surface area contributed by atoms with Crippen LogP contribution in [-0.2, 0) is 70.4 Å². The minimum Gasteiger partial charge on any atom is -0.481 e. The van der Waals surface area contributed by atoms with E-state index in [9.17, 15) is 72.9 Å². The van der Waals surface area contributed by atoms with Crippen LogP contribution in [0.5, 0.6) is 0 Å². The summed E-state index contributed by atoms with van der Waals surface area (Å²) in [4.78, 5) is 167. The maximum atomic E-state index is 14.6. The van der Waals surface area contributed by atoms with Crippen LogP contribution in [0.2, 0.25) is 0 Å². The van der Waals surface area contributed by atoms with E-state index in [1.165, 1.54) is 24.3 Å². The number of hydrogen-bond acceptors (Lipinski definition) is 15. The molecule has 1 fully saturated rings. The number of carbonyl (C=O) groups is 12. The summed E-state index contributed by atoms with van der Waals surface area (Å²) < 4.78 is 0. The molecule has 1 aliphatic rings. The first-order valence-electron chi connectivity index (χ1n) is 25.1. The van der Waals surface area contributed by atoms with E-state index in [2.05, 4.69) is 47.2 Å². The molecule has 0 saturated carbocycles. The third-order valence-corrected chi connectivity index (χ3v) is 12.2. The Morgan fingerprint density at radius 3 is 1.74 bits per heavy atom. The fourth-order valence-electron chi connectivity index (χ4n) is 8.32. The van der Waals surface area contributed by atoms with Crippen LogP contribution in [0.15, 0.2) is 42.9 Å². The second-order valence-corrected chi connectivity index (χ2v) is 19.7. The Morgan fingerprint density at radius 1 is 0.662 bits per heavy atom. The van der Waals surface area contributed by atoms with E-state index in [-0.39, 0.29) is 69.0 Å².